The fourth-order valence-corrected chi connectivity index (χ4v) is 1.66. The highest BCUT2D eigenvalue weighted by Crippen LogP contribution is 2.22. The van der Waals surface area contributed by atoms with E-state index in [-0.39, 0.29) is 11.5 Å². The molecule has 1 heterocycles. The number of aromatic nitrogens is 2. The number of carboxylic acid groups (broad SMARTS) is 1. The highest BCUT2D eigenvalue weighted by Gasteiger charge is 2.18. The smallest absolute Gasteiger partial charge is 0.341 e. The van der Waals surface area contributed by atoms with Crippen LogP contribution in [0.15, 0.2) is 28.7 Å². The SMILES string of the molecule is CCc1nnc(/C(=C/c2ccccc2Cl)C(=O)O)o1. The Morgan fingerprint density at radius 3 is 2.74 bits per heavy atom. The number of carboxylic acids is 1. The van der Waals surface area contributed by atoms with Crippen LogP contribution in [0.3, 0.4) is 0 Å². The van der Waals surface area contributed by atoms with Gasteiger partial charge >= 0.3 is 5.97 Å². The highest BCUT2D eigenvalue weighted by atomic mass is 35.5. The molecule has 6 heteroatoms. The Balaban J connectivity index is 2.46. The van der Waals surface area contributed by atoms with Gasteiger partial charge in [-0.25, -0.2) is 4.79 Å². The van der Waals surface area contributed by atoms with E-state index >= 15 is 0 Å². The molecule has 0 saturated carbocycles. The van der Waals surface area contributed by atoms with Crippen LogP contribution in [0.2, 0.25) is 5.02 Å². The van der Waals surface area contributed by atoms with Crippen molar-refractivity contribution in [3.63, 3.8) is 0 Å². The van der Waals surface area contributed by atoms with Gasteiger partial charge in [-0.15, -0.1) is 10.2 Å². The Morgan fingerprint density at radius 2 is 2.16 bits per heavy atom. The van der Waals surface area contributed by atoms with Gasteiger partial charge in [0, 0.05) is 11.4 Å². The quantitative estimate of drug-likeness (QED) is 0.870. The zero-order valence-electron chi connectivity index (χ0n) is 10.1. The lowest BCUT2D eigenvalue weighted by molar-refractivity contribution is -0.130. The highest BCUT2D eigenvalue weighted by molar-refractivity contribution is 6.32. The van der Waals surface area contributed by atoms with Crippen LogP contribution in [-0.2, 0) is 11.2 Å². The summed E-state index contributed by atoms with van der Waals surface area (Å²) < 4.78 is 5.25. The number of carbonyl (C=O) groups is 1. The van der Waals surface area contributed by atoms with Crippen LogP contribution in [0, 0.1) is 0 Å². The third-order valence-electron chi connectivity index (χ3n) is 2.44. The molecule has 98 valence electrons. The Bertz CT molecular complexity index is 634. The molecule has 0 saturated heterocycles. The molecular formula is C13H11ClN2O3. The van der Waals surface area contributed by atoms with Crippen molar-refractivity contribution in [2.24, 2.45) is 0 Å². The summed E-state index contributed by atoms with van der Waals surface area (Å²) in [6.07, 6.45) is 1.96. The van der Waals surface area contributed by atoms with E-state index < -0.39 is 5.97 Å². The number of aliphatic carboxylic acids is 1. The zero-order valence-corrected chi connectivity index (χ0v) is 10.9. The third kappa shape index (κ3) is 3.00. The number of nitrogens with zero attached hydrogens (tertiary/aromatic N) is 2. The Labute approximate surface area is 114 Å². The largest absolute Gasteiger partial charge is 0.477 e. The molecule has 0 spiro atoms. The summed E-state index contributed by atoms with van der Waals surface area (Å²) in [4.78, 5) is 11.3. The predicted octanol–water partition coefficient (Wildman–Crippen LogP) is 2.91. The van der Waals surface area contributed by atoms with E-state index in [4.69, 9.17) is 16.0 Å². The van der Waals surface area contributed by atoms with Crippen molar-refractivity contribution < 1.29 is 14.3 Å². The Hall–Kier alpha value is -2.14. The predicted molar refractivity (Wildman–Crippen MR) is 70.6 cm³/mol. The van der Waals surface area contributed by atoms with Gasteiger partial charge in [0.2, 0.25) is 5.89 Å². The number of hydrogen-bond donors (Lipinski definition) is 1. The van der Waals surface area contributed by atoms with Gasteiger partial charge < -0.3 is 9.52 Å². The van der Waals surface area contributed by atoms with Gasteiger partial charge in [-0.3, -0.25) is 0 Å². The molecule has 0 fully saturated rings. The molecule has 0 aliphatic heterocycles. The van der Waals surface area contributed by atoms with Crippen molar-refractivity contribution in [1.82, 2.24) is 10.2 Å². The first-order chi connectivity index (χ1) is 9.11. The number of aryl methyl sites for hydroxylation is 1. The van der Waals surface area contributed by atoms with Gasteiger partial charge in [-0.1, -0.05) is 36.7 Å². The second kappa shape index (κ2) is 5.67. The normalized spacial score (nSPS) is 11.6. The van der Waals surface area contributed by atoms with Gasteiger partial charge in [0.15, 0.2) is 0 Å². The van der Waals surface area contributed by atoms with Crippen LogP contribution in [-0.4, -0.2) is 21.3 Å². The zero-order chi connectivity index (χ0) is 13.8. The van der Waals surface area contributed by atoms with E-state index in [0.29, 0.717) is 22.9 Å². The summed E-state index contributed by atoms with van der Waals surface area (Å²) in [6, 6.07) is 6.92. The first-order valence-electron chi connectivity index (χ1n) is 5.64. The van der Waals surface area contributed by atoms with Crippen LogP contribution in [0.25, 0.3) is 11.6 Å². The molecule has 2 rings (SSSR count). The van der Waals surface area contributed by atoms with Crippen LogP contribution in [0.5, 0.6) is 0 Å². The summed E-state index contributed by atoms with van der Waals surface area (Å²) in [5.41, 5.74) is 0.498. The average Bonchev–Trinajstić information content (AvgIpc) is 2.86. The monoisotopic (exact) mass is 278 g/mol. The molecule has 1 N–H and O–H groups in total. The van der Waals surface area contributed by atoms with Crippen LogP contribution in [0.4, 0.5) is 0 Å². The van der Waals surface area contributed by atoms with E-state index in [2.05, 4.69) is 10.2 Å². The van der Waals surface area contributed by atoms with E-state index in [1.807, 2.05) is 6.92 Å². The fraction of sp³-hybridized carbons (Fsp3) is 0.154. The van der Waals surface area contributed by atoms with Crippen molar-refractivity contribution in [2.45, 2.75) is 13.3 Å². The van der Waals surface area contributed by atoms with Gasteiger partial charge in [0.1, 0.15) is 5.57 Å². The minimum atomic E-state index is -1.15. The molecular weight excluding hydrogens is 268 g/mol. The number of rotatable bonds is 4. The summed E-state index contributed by atoms with van der Waals surface area (Å²) in [7, 11) is 0. The van der Waals surface area contributed by atoms with Crippen molar-refractivity contribution in [3.8, 4) is 0 Å². The van der Waals surface area contributed by atoms with Crippen molar-refractivity contribution in [3.05, 3.63) is 46.6 Å². The first-order valence-corrected chi connectivity index (χ1v) is 6.02. The lowest BCUT2D eigenvalue weighted by atomic mass is 10.1. The van der Waals surface area contributed by atoms with Gasteiger partial charge in [0.05, 0.1) is 0 Å². The maximum atomic E-state index is 11.3. The van der Waals surface area contributed by atoms with Crippen molar-refractivity contribution in [1.29, 1.82) is 0 Å². The number of halogens is 1. The van der Waals surface area contributed by atoms with E-state index in [0.717, 1.165) is 0 Å². The summed E-state index contributed by atoms with van der Waals surface area (Å²) in [6.45, 7) is 1.84. The van der Waals surface area contributed by atoms with E-state index in [1.165, 1.54) is 6.08 Å². The van der Waals surface area contributed by atoms with Crippen LogP contribution < -0.4 is 0 Å². The molecule has 1 aromatic heterocycles. The summed E-state index contributed by atoms with van der Waals surface area (Å²) >= 11 is 5.99. The minimum absolute atomic E-state index is 0.0238. The maximum absolute atomic E-state index is 11.3. The summed E-state index contributed by atoms with van der Waals surface area (Å²) in [5, 5.41) is 17.2. The van der Waals surface area contributed by atoms with Crippen molar-refractivity contribution >= 4 is 29.2 Å². The van der Waals surface area contributed by atoms with Crippen molar-refractivity contribution in [2.75, 3.05) is 0 Å². The van der Waals surface area contributed by atoms with Gasteiger partial charge in [-0.2, -0.15) is 0 Å². The lowest BCUT2D eigenvalue weighted by Crippen LogP contribution is -2.00. The third-order valence-corrected chi connectivity index (χ3v) is 2.78. The molecule has 2 aromatic rings. The summed E-state index contributed by atoms with van der Waals surface area (Å²) in [5.74, 6) is -0.781. The number of hydrogen-bond acceptors (Lipinski definition) is 4. The molecule has 0 amide bonds. The Kier molecular flexibility index (Phi) is 3.97. The molecule has 5 nitrogen and oxygen atoms in total. The van der Waals surface area contributed by atoms with Crippen LogP contribution in [0.1, 0.15) is 24.3 Å². The molecule has 0 bridgehead atoms. The lowest BCUT2D eigenvalue weighted by Gasteiger charge is -1.99. The standard InChI is InChI=1S/C13H11ClN2O3/c1-2-11-15-16-12(19-11)9(13(17)18)7-8-5-3-4-6-10(8)14/h3-7H,2H2,1H3,(H,17,18)/b9-7-. The van der Waals surface area contributed by atoms with E-state index in [1.54, 1.807) is 24.3 Å². The molecule has 0 radical (unpaired) electrons. The first kappa shape index (κ1) is 13.3. The van der Waals surface area contributed by atoms with Gasteiger partial charge in [0.25, 0.3) is 5.89 Å². The molecule has 19 heavy (non-hydrogen) atoms. The van der Waals surface area contributed by atoms with Gasteiger partial charge in [-0.05, 0) is 17.7 Å². The fourth-order valence-electron chi connectivity index (χ4n) is 1.47. The second-order valence-corrected chi connectivity index (χ2v) is 4.15. The molecule has 0 atom stereocenters. The van der Waals surface area contributed by atoms with Crippen LogP contribution >= 0.6 is 11.6 Å². The maximum Gasteiger partial charge on any atom is 0.341 e. The second-order valence-electron chi connectivity index (χ2n) is 3.74. The molecule has 0 aliphatic carbocycles. The molecule has 0 aliphatic rings. The molecule has 0 unspecified atom stereocenters. The minimum Gasteiger partial charge on any atom is -0.477 e. The topological polar surface area (TPSA) is 76.2 Å². The molecule has 1 aromatic carbocycles. The number of benzene rings is 1. The van der Waals surface area contributed by atoms with E-state index in [9.17, 15) is 9.90 Å². The Morgan fingerprint density at radius 1 is 1.42 bits per heavy atom. The average molecular weight is 279 g/mol.